The standard InChI is InChI=1S/C26H24Cl2N2O/c1-16-7-6-10-21-22(15-29-24(16)21)26(31)25(18-8-4-3-5-9-18)30-17(2)13-19-11-12-20(27)14-23(19)28/h3-12,14-15,17,25,29-30H,13H2,1-2H3/t17-,25+/m1/s1. The topological polar surface area (TPSA) is 44.9 Å². The minimum atomic E-state index is -0.471. The van der Waals surface area contributed by atoms with Crippen molar-refractivity contribution in [1.29, 1.82) is 0 Å². The van der Waals surface area contributed by atoms with Crippen molar-refractivity contribution in [3.63, 3.8) is 0 Å². The fourth-order valence-electron chi connectivity index (χ4n) is 3.99. The second-order valence-electron chi connectivity index (χ2n) is 7.92. The largest absolute Gasteiger partial charge is 0.360 e. The van der Waals surface area contributed by atoms with Crippen LogP contribution in [0.3, 0.4) is 0 Å². The predicted octanol–water partition coefficient (Wildman–Crippen LogP) is 6.93. The highest BCUT2D eigenvalue weighted by atomic mass is 35.5. The van der Waals surface area contributed by atoms with Crippen LogP contribution in [0.1, 0.15) is 40.0 Å². The number of carbonyl (C=O) groups is 1. The second-order valence-corrected chi connectivity index (χ2v) is 8.76. The summed E-state index contributed by atoms with van der Waals surface area (Å²) in [6.07, 6.45) is 2.50. The highest BCUT2D eigenvalue weighted by Crippen LogP contribution is 2.28. The maximum Gasteiger partial charge on any atom is 0.186 e. The summed E-state index contributed by atoms with van der Waals surface area (Å²) in [5.74, 6) is 0.0390. The van der Waals surface area contributed by atoms with Gasteiger partial charge in [0.05, 0.1) is 6.04 Å². The van der Waals surface area contributed by atoms with Crippen molar-refractivity contribution in [2.45, 2.75) is 32.4 Å². The van der Waals surface area contributed by atoms with E-state index >= 15 is 0 Å². The summed E-state index contributed by atoms with van der Waals surface area (Å²) in [5.41, 5.74) is 4.73. The first-order chi connectivity index (χ1) is 14.9. The molecule has 2 N–H and O–H groups in total. The van der Waals surface area contributed by atoms with Gasteiger partial charge in [-0.25, -0.2) is 0 Å². The van der Waals surface area contributed by atoms with Gasteiger partial charge in [-0.2, -0.15) is 0 Å². The fourth-order valence-corrected chi connectivity index (χ4v) is 4.48. The molecule has 0 spiro atoms. The van der Waals surface area contributed by atoms with Crippen LogP contribution in [0.25, 0.3) is 10.9 Å². The third kappa shape index (κ3) is 4.69. The van der Waals surface area contributed by atoms with Crippen molar-refractivity contribution in [3.05, 3.63) is 105 Å². The van der Waals surface area contributed by atoms with Gasteiger partial charge in [0.25, 0.3) is 0 Å². The Morgan fingerprint density at radius 1 is 1.03 bits per heavy atom. The van der Waals surface area contributed by atoms with E-state index in [1.807, 2.05) is 73.8 Å². The zero-order chi connectivity index (χ0) is 22.0. The van der Waals surface area contributed by atoms with Crippen molar-refractivity contribution >= 4 is 39.9 Å². The molecule has 5 heteroatoms. The van der Waals surface area contributed by atoms with E-state index in [9.17, 15) is 4.79 Å². The van der Waals surface area contributed by atoms with Crippen LogP contribution in [0, 0.1) is 6.92 Å². The molecule has 0 fully saturated rings. The zero-order valence-corrected chi connectivity index (χ0v) is 19.0. The smallest absolute Gasteiger partial charge is 0.186 e. The molecule has 0 unspecified atom stereocenters. The molecule has 0 aliphatic heterocycles. The van der Waals surface area contributed by atoms with E-state index in [2.05, 4.69) is 17.2 Å². The summed E-state index contributed by atoms with van der Waals surface area (Å²) in [5, 5.41) is 5.73. The number of nitrogens with one attached hydrogen (secondary N) is 2. The molecule has 0 amide bonds. The molecule has 0 aliphatic rings. The van der Waals surface area contributed by atoms with E-state index < -0.39 is 6.04 Å². The molecule has 3 nitrogen and oxygen atoms in total. The number of fused-ring (bicyclic) bond motifs is 1. The molecule has 2 atom stereocenters. The minimum Gasteiger partial charge on any atom is -0.360 e. The highest BCUT2D eigenvalue weighted by Gasteiger charge is 2.26. The Morgan fingerprint density at radius 3 is 2.55 bits per heavy atom. The maximum atomic E-state index is 13.7. The molecule has 0 radical (unpaired) electrons. The highest BCUT2D eigenvalue weighted by molar-refractivity contribution is 6.35. The number of hydrogen-bond donors (Lipinski definition) is 2. The van der Waals surface area contributed by atoms with Gasteiger partial charge >= 0.3 is 0 Å². The molecular weight excluding hydrogens is 427 g/mol. The number of H-pyrrole nitrogens is 1. The second kappa shape index (κ2) is 9.27. The third-order valence-electron chi connectivity index (χ3n) is 5.58. The van der Waals surface area contributed by atoms with Crippen molar-refractivity contribution in [2.75, 3.05) is 0 Å². The number of para-hydroxylation sites is 1. The number of halogens is 2. The molecule has 0 saturated carbocycles. The summed E-state index contributed by atoms with van der Waals surface area (Å²) >= 11 is 12.4. The number of aromatic nitrogens is 1. The molecule has 0 bridgehead atoms. The van der Waals surface area contributed by atoms with E-state index in [0.717, 1.165) is 27.6 Å². The molecule has 1 heterocycles. The average Bonchev–Trinajstić information content (AvgIpc) is 3.20. The molecule has 0 aliphatic carbocycles. The van der Waals surface area contributed by atoms with Crippen LogP contribution in [0.2, 0.25) is 10.0 Å². The van der Waals surface area contributed by atoms with Crippen LogP contribution >= 0.6 is 23.2 Å². The first-order valence-corrected chi connectivity index (χ1v) is 11.1. The first-order valence-electron chi connectivity index (χ1n) is 10.3. The van der Waals surface area contributed by atoms with E-state index in [0.29, 0.717) is 22.0 Å². The van der Waals surface area contributed by atoms with Crippen LogP contribution in [0.5, 0.6) is 0 Å². The number of benzene rings is 3. The van der Waals surface area contributed by atoms with Crippen molar-refractivity contribution in [1.82, 2.24) is 10.3 Å². The third-order valence-corrected chi connectivity index (χ3v) is 6.16. The number of aromatic amines is 1. The number of aryl methyl sites for hydroxylation is 1. The predicted molar refractivity (Wildman–Crippen MR) is 129 cm³/mol. The summed E-state index contributed by atoms with van der Waals surface area (Å²) in [6, 6.07) is 20.9. The summed E-state index contributed by atoms with van der Waals surface area (Å²) in [7, 11) is 0. The number of ketones is 1. The van der Waals surface area contributed by atoms with Gasteiger partial charge < -0.3 is 10.3 Å². The Balaban J connectivity index is 1.64. The SMILES string of the molecule is Cc1cccc2c(C(=O)[C@@H](N[C@H](C)Cc3ccc(Cl)cc3Cl)c3ccccc3)c[nH]c12. The minimum absolute atomic E-state index is 0.0137. The van der Waals surface area contributed by atoms with Gasteiger partial charge in [0.2, 0.25) is 0 Å². The van der Waals surface area contributed by atoms with Crippen molar-refractivity contribution in [2.24, 2.45) is 0 Å². The Bertz CT molecular complexity index is 1220. The van der Waals surface area contributed by atoms with Crippen molar-refractivity contribution < 1.29 is 4.79 Å². The Kier molecular flexibility index (Phi) is 6.47. The lowest BCUT2D eigenvalue weighted by molar-refractivity contribution is 0.0938. The summed E-state index contributed by atoms with van der Waals surface area (Å²) in [6.45, 7) is 4.10. The van der Waals surface area contributed by atoms with E-state index in [1.54, 1.807) is 6.07 Å². The number of carbonyl (C=O) groups excluding carboxylic acids is 1. The van der Waals surface area contributed by atoms with E-state index in [1.165, 1.54) is 0 Å². The van der Waals surface area contributed by atoms with Gasteiger partial charge in [0.1, 0.15) is 0 Å². The Morgan fingerprint density at radius 2 is 1.81 bits per heavy atom. The van der Waals surface area contributed by atoms with E-state index in [4.69, 9.17) is 23.2 Å². The molecule has 3 aromatic carbocycles. The lowest BCUT2D eigenvalue weighted by Gasteiger charge is -2.23. The van der Waals surface area contributed by atoms with Crippen LogP contribution in [0.4, 0.5) is 0 Å². The molecule has 158 valence electrons. The molecule has 4 rings (SSSR count). The van der Waals surface area contributed by atoms with E-state index in [-0.39, 0.29) is 11.8 Å². The molecule has 0 saturated heterocycles. The van der Waals surface area contributed by atoms with Crippen molar-refractivity contribution in [3.8, 4) is 0 Å². The van der Waals surface area contributed by atoms with Gasteiger partial charge in [-0.05, 0) is 49.1 Å². The first kappa shape index (κ1) is 21.6. The Labute approximate surface area is 192 Å². The van der Waals surface area contributed by atoms with Crippen LogP contribution in [0.15, 0.2) is 72.9 Å². The molecule has 1 aromatic heterocycles. The lowest BCUT2D eigenvalue weighted by atomic mass is 9.95. The van der Waals surface area contributed by atoms with Crippen LogP contribution in [-0.2, 0) is 6.42 Å². The van der Waals surface area contributed by atoms with Crippen LogP contribution in [-0.4, -0.2) is 16.8 Å². The average molecular weight is 451 g/mol. The maximum absolute atomic E-state index is 13.7. The van der Waals surface area contributed by atoms with Gasteiger partial charge in [-0.1, -0.05) is 77.8 Å². The fraction of sp³-hybridized carbons (Fsp3) is 0.192. The van der Waals surface area contributed by atoms with Gasteiger partial charge in [0, 0.05) is 38.8 Å². The number of Topliss-reactive ketones (excluding diaryl/α,β-unsaturated/α-hetero) is 1. The number of rotatable bonds is 7. The van der Waals surface area contributed by atoms with Crippen LogP contribution < -0.4 is 5.32 Å². The van der Waals surface area contributed by atoms with Gasteiger partial charge in [0.15, 0.2) is 5.78 Å². The summed E-state index contributed by atoms with van der Waals surface area (Å²) < 4.78 is 0. The molecule has 4 aromatic rings. The van der Waals surface area contributed by atoms with Gasteiger partial charge in [-0.15, -0.1) is 0 Å². The monoisotopic (exact) mass is 450 g/mol. The zero-order valence-electron chi connectivity index (χ0n) is 17.5. The molecular formula is C26H24Cl2N2O. The quantitative estimate of drug-likeness (QED) is 0.299. The van der Waals surface area contributed by atoms with Gasteiger partial charge in [-0.3, -0.25) is 4.79 Å². The lowest BCUT2D eigenvalue weighted by Crippen LogP contribution is -2.36. The molecule has 31 heavy (non-hydrogen) atoms. The Hall–Kier alpha value is -2.59. The summed E-state index contributed by atoms with van der Waals surface area (Å²) in [4.78, 5) is 17.0. The normalized spacial score (nSPS) is 13.3. The number of hydrogen-bond acceptors (Lipinski definition) is 2.